The van der Waals surface area contributed by atoms with Crippen molar-refractivity contribution in [2.24, 2.45) is 0 Å². The first kappa shape index (κ1) is 9.21. The van der Waals surface area contributed by atoms with Gasteiger partial charge in [0.25, 0.3) is 0 Å². The van der Waals surface area contributed by atoms with Crippen molar-refractivity contribution < 1.29 is 4.39 Å². The van der Waals surface area contributed by atoms with E-state index in [-0.39, 0.29) is 5.82 Å². The summed E-state index contributed by atoms with van der Waals surface area (Å²) < 4.78 is 13.2. The average molecular weight is 189 g/mol. The Morgan fingerprint density at radius 2 is 2.29 bits per heavy atom. The Morgan fingerprint density at radius 3 is 3.00 bits per heavy atom. The number of fused-ring (bicyclic) bond motifs is 1. The molecule has 1 aromatic carbocycles. The molecule has 0 radical (unpaired) electrons. The van der Waals surface area contributed by atoms with Gasteiger partial charge in [0.05, 0.1) is 11.6 Å². The molecule has 0 spiro atoms. The third-order valence-electron chi connectivity index (χ3n) is 2.96. The van der Waals surface area contributed by atoms with Crippen molar-refractivity contribution in [3.05, 3.63) is 34.6 Å². The van der Waals surface area contributed by atoms with Crippen molar-refractivity contribution in [2.45, 2.75) is 32.1 Å². The molecule has 0 N–H and O–H groups in total. The van der Waals surface area contributed by atoms with E-state index in [2.05, 4.69) is 13.0 Å². The first-order valence-electron chi connectivity index (χ1n) is 4.95. The zero-order valence-electron chi connectivity index (χ0n) is 8.18. The van der Waals surface area contributed by atoms with Crippen molar-refractivity contribution in [3.8, 4) is 6.07 Å². The Bertz CT molecular complexity index is 404. The van der Waals surface area contributed by atoms with E-state index in [1.807, 2.05) is 0 Å². The minimum Gasteiger partial charge on any atom is -0.207 e. The highest BCUT2D eigenvalue weighted by Gasteiger charge is 2.20. The number of hydrogen-bond acceptors (Lipinski definition) is 1. The Hall–Kier alpha value is -1.36. The number of hydrogen-bond donors (Lipinski definition) is 0. The molecule has 14 heavy (non-hydrogen) atoms. The SMILES string of the molecule is CC1CCCc2c(C#N)cc(F)cc21. The van der Waals surface area contributed by atoms with Gasteiger partial charge in [-0.3, -0.25) is 0 Å². The van der Waals surface area contributed by atoms with Gasteiger partial charge in [-0.15, -0.1) is 0 Å². The van der Waals surface area contributed by atoms with E-state index in [4.69, 9.17) is 5.26 Å². The van der Waals surface area contributed by atoms with Gasteiger partial charge in [0.1, 0.15) is 5.82 Å². The number of rotatable bonds is 0. The first-order chi connectivity index (χ1) is 6.72. The molecule has 0 bridgehead atoms. The Balaban J connectivity index is 2.62. The van der Waals surface area contributed by atoms with E-state index in [1.54, 1.807) is 6.07 Å². The maximum absolute atomic E-state index is 13.2. The van der Waals surface area contributed by atoms with Gasteiger partial charge in [-0.1, -0.05) is 6.92 Å². The second kappa shape index (κ2) is 3.42. The largest absolute Gasteiger partial charge is 0.207 e. The third-order valence-corrected chi connectivity index (χ3v) is 2.96. The summed E-state index contributed by atoms with van der Waals surface area (Å²) in [6, 6.07) is 5.00. The van der Waals surface area contributed by atoms with Gasteiger partial charge in [0, 0.05) is 0 Å². The molecule has 2 rings (SSSR count). The Labute approximate surface area is 83.2 Å². The van der Waals surface area contributed by atoms with E-state index in [0.717, 1.165) is 30.4 Å². The fourth-order valence-corrected chi connectivity index (χ4v) is 2.22. The first-order valence-corrected chi connectivity index (χ1v) is 4.95. The van der Waals surface area contributed by atoms with Crippen LogP contribution in [-0.4, -0.2) is 0 Å². The molecule has 0 aromatic heterocycles. The zero-order chi connectivity index (χ0) is 10.1. The molecule has 1 aliphatic rings. The number of nitrogens with zero attached hydrogens (tertiary/aromatic N) is 1. The minimum atomic E-state index is -0.283. The van der Waals surface area contributed by atoms with E-state index in [9.17, 15) is 4.39 Å². The van der Waals surface area contributed by atoms with Crippen molar-refractivity contribution >= 4 is 0 Å². The molecule has 72 valence electrons. The predicted octanol–water partition coefficient (Wildman–Crippen LogP) is 3.14. The molecular weight excluding hydrogens is 177 g/mol. The minimum absolute atomic E-state index is 0.283. The van der Waals surface area contributed by atoms with Crippen molar-refractivity contribution in [1.29, 1.82) is 5.26 Å². The second-order valence-electron chi connectivity index (χ2n) is 3.93. The summed E-state index contributed by atoms with van der Waals surface area (Å²) in [6.07, 6.45) is 3.12. The molecule has 2 heteroatoms. The molecule has 0 saturated heterocycles. The van der Waals surface area contributed by atoms with Crippen LogP contribution in [0.4, 0.5) is 4.39 Å². The summed E-state index contributed by atoms with van der Waals surface area (Å²) in [4.78, 5) is 0. The lowest BCUT2D eigenvalue weighted by Crippen LogP contribution is -2.09. The highest BCUT2D eigenvalue weighted by atomic mass is 19.1. The van der Waals surface area contributed by atoms with Gasteiger partial charge in [-0.2, -0.15) is 5.26 Å². The van der Waals surface area contributed by atoms with Crippen LogP contribution in [0.3, 0.4) is 0 Å². The maximum atomic E-state index is 13.2. The summed E-state index contributed by atoms with van der Waals surface area (Å²) in [5, 5.41) is 8.89. The van der Waals surface area contributed by atoms with Crippen molar-refractivity contribution in [3.63, 3.8) is 0 Å². The van der Waals surface area contributed by atoms with Gasteiger partial charge < -0.3 is 0 Å². The van der Waals surface area contributed by atoms with E-state index >= 15 is 0 Å². The predicted molar refractivity (Wildman–Crippen MR) is 52.5 cm³/mol. The molecule has 1 atom stereocenters. The summed E-state index contributed by atoms with van der Waals surface area (Å²) in [5.74, 6) is 0.107. The van der Waals surface area contributed by atoms with Crippen LogP contribution in [0.25, 0.3) is 0 Å². The van der Waals surface area contributed by atoms with Crippen LogP contribution in [0.5, 0.6) is 0 Å². The highest BCUT2D eigenvalue weighted by Crippen LogP contribution is 2.33. The van der Waals surface area contributed by atoms with E-state index in [1.165, 1.54) is 6.07 Å². The van der Waals surface area contributed by atoms with Crippen LogP contribution in [0.1, 0.15) is 42.4 Å². The smallest absolute Gasteiger partial charge is 0.124 e. The van der Waals surface area contributed by atoms with Crippen LogP contribution in [0.2, 0.25) is 0 Å². The average Bonchev–Trinajstić information content (AvgIpc) is 2.18. The fourth-order valence-electron chi connectivity index (χ4n) is 2.22. The van der Waals surface area contributed by atoms with Crippen LogP contribution < -0.4 is 0 Å². The van der Waals surface area contributed by atoms with Crippen molar-refractivity contribution in [2.75, 3.05) is 0 Å². The van der Waals surface area contributed by atoms with Crippen molar-refractivity contribution in [1.82, 2.24) is 0 Å². The van der Waals surface area contributed by atoms with Crippen LogP contribution in [0.15, 0.2) is 12.1 Å². The molecule has 1 unspecified atom stereocenters. The lowest BCUT2D eigenvalue weighted by atomic mass is 9.82. The van der Waals surface area contributed by atoms with Gasteiger partial charge in [0.15, 0.2) is 0 Å². The fraction of sp³-hybridized carbons (Fsp3) is 0.417. The quantitative estimate of drug-likeness (QED) is 0.615. The molecule has 0 aliphatic heterocycles. The molecule has 0 fully saturated rings. The van der Waals surface area contributed by atoms with E-state index < -0.39 is 0 Å². The summed E-state index contributed by atoms with van der Waals surface area (Å²) >= 11 is 0. The van der Waals surface area contributed by atoms with Crippen LogP contribution in [0, 0.1) is 17.1 Å². The lowest BCUT2D eigenvalue weighted by Gasteiger charge is -2.23. The number of halogens is 1. The van der Waals surface area contributed by atoms with Gasteiger partial charge in [-0.05, 0) is 48.4 Å². The van der Waals surface area contributed by atoms with Gasteiger partial charge >= 0.3 is 0 Å². The molecule has 0 amide bonds. The lowest BCUT2D eigenvalue weighted by molar-refractivity contribution is 0.571. The molecule has 1 nitrogen and oxygen atoms in total. The molecule has 1 aromatic rings. The summed E-state index contributed by atoms with van der Waals surface area (Å²) in [7, 11) is 0. The molecule has 0 saturated carbocycles. The molecular formula is C12H12FN. The Morgan fingerprint density at radius 1 is 1.50 bits per heavy atom. The normalized spacial score (nSPS) is 19.9. The highest BCUT2D eigenvalue weighted by molar-refractivity contribution is 5.45. The molecule has 0 heterocycles. The summed E-state index contributed by atoms with van der Waals surface area (Å²) in [6.45, 7) is 2.10. The van der Waals surface area contributed by atoms with Gasteiger partial charge in [-0.25, -0.2) is 4.39 Å². The van der Waals surface area contributed by atoms with Crippen LogP contribution >= 0.6 is 0 Å². The second-order valence-corrected chi connectivity index (χ2v) is 3.93. The standard InChI is InChI=1S/C12H12FN/c1-8-3-2-4-11-9(7-14)5-10(13)6-12(8)11/h5-6,8H,2-4H2,1H3. The monoisotopic (exact) mass is 189 g/mol. The number of nitriles is 1. The van der Waals surface area contributed by atoms with Crippen LogP contribution in [-0.2, 0) is 6.42 Å². The number of benzene rings is 1. The van der Waals surface area contributed by atoms with Gasteiger partial charge in [0.2, 0.25) is 0 Å². The maximum Gasteiger partial charge on any atom is 0.124 e. The summed E-state index contributed by atoms with van der Waals surface area (Å²) in [5.41, 5.74) is 2.62. The molecule has 1 aliphatic carbocycles. The zero-order valence-corrected chi connectivity index (χ0v) is 8.18. The topological polar surface area (TPSA) is 23.8 Å². The Kier molecular flexibility index (Phi) is 2.25. The van der Waals surface area contributed by atoms with E-state index in [0.29, 0.717) is 11.5 Å². The third kappa shape index (κ3) is 1.39.